The van der Waals surface area contributed by atoms with E-state index in [4.69, 9.17) is 4.74 Å². The summed E-state index contributed by atoms with van der Waals surface area (Å²) in [6.07, 6.45) is 4.14. The van der Waals surface area contributed by atoms with E-state index in [1.165, 1.54) is 6.08 Å². The molecule has 1 aromatic rings. The number of rotatable bonds is 4. The van der Waals surface area contributed by atoms with Crippen LogP contribution in [-0.2, 0) is 4.79 Å². The van der Waals surface area contributed by atoms with E-state index in [-0.39, 0.29) is 6.10 Å². The molecule has 0 aliphatic rings. The van der Waals surface area contributed by atoms with Crippen molar-refractivity contribution in [1.82, 2.24) is 0 Å². The number of hydrogen-bond acceptors (Lipinski definition) is 2. The summed E-state index contributed by atoms with van der Waals surface area (Å²) in [6, 6.07) is 7.63. The molecule has 0 aliphatic heterocycles. The number of benzene rings is 1. The van der Waals surface area contributed by atoms with Gasteiger partial charge < -0.3 is 4.74 Å². The average Bonchev–Trinajstić information content (AvgIpc) is 2.14. The lowest BCUT2D eigenvalue weighted by atomic mass is 10.2. The molecule has 0 atom stereocenters. The molecule has 0 amide bonds. The van der Waals surface area contributed by atoms with E-state index < -0.39 is 0 Å². The SMILES string of the molecule is CC(C)Oc1cccc(C=CC=O)c1. The zero-order valence-electron chi connectivity index (χ0n) is 8.44. The third-order valence-corrected chi connectivity index (χ3v) is 1.60. The summed E-state index contributed by atoms with van der Waals surface area (Å²) in [6.45, 7) is 3.96. The second-order valence-corrected chi connectivity index (χ2v) is 3.23. The summed E-state index contributed by atoms with van der Waals surface area (Å²) in [5.74, 6) is 0.827. The highest BCUT2D eigenvalue weighted by molar-refractivity contribution is 5.74. The van der Waals surface area contributed by atoms with Crippen molar-refractivity contribution < 1.29 is 9.53 Å². The Morgan fingerprint density at radius 1 is 1.36 bits per heavy atom. The first kappa shape index (κ1) is 10.5. The second-order valence-electron chi connectivity index (χ2n) is 3.23. The molecular formula is C12H14O2. The van der Waals surface area contributed by atoms with Gasteiger partial charge in [0, 0.05) is 0 Å². The van der Waals surface area contributed by atoms with Crippen LogP contribution in [0.15, 0.2) is 30.3 Å². The fourth-order valence-electron chi connectivity index (χ4n) is 1.11. The van der Waals surface area contributed by atoms with Crippen molar-refractivity contribution >= 4 is 12.4 Å². The molecule has 2 heteroatoms. The lowest BCUT2D eigenvalue weighted by molar-refractivity contribution is -0.104. The Morgan fingerprint density at radius 2 is 2.14 bits per heavy atom. The quantitative estimate of drug-likeness (QED) is 0.539. The van der Waals surface area contributed by atoms with Crippen LogP contribution in [0, 0.1) is 0 Å². The summed E-state index contributed by atoms with van der Waals surface area (Å²) < 4.78 is 5.51. The smallest absolute Gasteiger partial charge is 0.142 e. The maximum absolute atomic E-state index is 10.1. The van der Waals surface area contributed by atoms with Gasteiger partial charge in [-0.3, -0.25) is 4.79 Å². The van der Waals surface area contributed by atoms with Gasteiger partial charge in [0.25, 0.3) is 0 Å². The first-order valence-corrected chi connectivity index (χ1v) is 4.61. The number of allylic oxidation sites excluding steroid dienone is 1. The van der Waals surface area contributed by atoms with Crippen molar-refractivity contribution in [3.05, 3.63) is 35.9 Å². The van der Waals surface area contributed by atoms with Crippen molar-refractivity contribution in [2.24, 2.45) is 0 Å². The number of carbonyl (C=O) groups is 1. The van der Waals surface area contributed by atoms with Gasteiger partial charge in [0.15, 0.2) is 0 Å². The van der Waals surface area contributed by atoms with Crippen molar-refractivity contribution in [2.75, 3.05) is 0 Å². The molecule has 74 valence electrons. The molecule has 0 aliphatic carbocycles. The van der Waals surface area contributed by atoms with Crippen molar-refractivity contribution in [3.8, 4) is 5.75 Å². The Balaban J connectivity index is 2.78. The molecule has 0 fully saturated rings. The zero-order valence-corrected chi connectivity index (χ0v) is 8.44. The fourth-order valence-corrected chi connectivity index (χ4v) is 1.11. The molecule has 2 nitrogen and oxygen atoms in total. The third kappa shape index (κ3) is 3.44. The lowest BCUT2D eigenvalue weighted by Gasteiger charge is -2.09. The summed E-state index contributed by atoms with van der Waals surface area (Å²) in [7, 11) is 0. The molecule has 0 spiro atoms. The van der Waals surface area contributed by atoms with Gasteiger partial charge in [-0.2, -0.15) is 0 Å². The average molecular weight is 190 g/mol. The molecule has 0 radical (unpaired) electrons. The second kappa shape index (κ2) is 5.22. The highest BCUT2D eigenvalue weighted by Crippen LogP contribution is 2.15. The maximum atomic E-state index is 10.1. The van der Waals surface area contributed by atoms with Crippen LogP contribution in [0.5, 0.6) is 5.75 Å². The van der Waals surface area contributed by atoms with E-state index in [0.29, 0.717) is 0 Å². The molecule has 0 unspecified atom stereocenters. The van der Waals surface area contributed by atoms with Gasteiger partial charge >= 0.3 is 0 Å². The van der Waals surface area contributed by atoms with Crippen molar-refractivity contribution in [1.29, 1.82) is 0 Å². The predicted octanol–water partition coefficient (Wildman–Crippen LogP) is 2.69. The molecule has 0 saturated heterocycles. The first-order chi connectivity index (χ1) is 6.72. The van der Waals surface area contributed by atoms with Crippen LogP contribution >= 0.6 is 0 Å². The Hall–Kier alpha value is -1.57. The van der Waals surface area contributed by atoms with E-state index in [0.717, 1.165) is 17.6 Å². The van der Waals surface area contributed by atoms with Crippen LogP contribution in [0.1, 0.15) is 19.4 Å². The van der Waals surface area contributed by atoms with Crippen molar-refractivity contribution in [3.63, 3.8) is 0 Å². The molecule has 14 heavy (non-hydrogen) atoms. The zero-order chi connectivity index (χ0) is 10.4. The molecule has 0 aromatic heterocycles. The highest BCUT2D eigenvalue weighted by atomic mass is 16.5. The van der Waals surface area contributed by atoms with Gasteiger partial charge in [-0.15, -0.1) is 0 Å². The molecule has 0 saturated carbocycles. The number of carbonyl (C=O) groups excluding carboxylic acids is 1. The molecular weight excluding hydrogens is 176 g/mol. The number of hydrogen-bond donors (Lipinski definition) is 0. The van der Waals surface area contributed by atoms with Crippen LogP contribution in [0.25, 0.3) is 6.08 Å². The standard InChI is InChI=1S/C12H14O2/c1-10(2)14-12-7-3-5-11(9-12)6-4-8-13/h3-10H,1-2H3. The van der Waals surface area contributed by atoms with Crippen LogP contribution in [-0.4, -0.2) is 12.4 Å². The van der Waals surface area contributed by atoms with Crippen LogP contribution in [0.4, 0.5) is 0 Å². The maximum Gasteiger partial charge on any atom is 0.142 e. The Morgan fingerprint density at radius 3 is 2.79 bits per heavy atom. The van der Waals surface area contributed by atoms with Crippen molar-refractivity contribution in [2.45, 2.75) is 20.0 Å². The van der Waals surface area contributed by atoms with E-state index in [1.54, 1.807) is 6.08 Å². The predicted molar refractivity (Wildman–Crippen MR) is 57.3 cm³/mol. The topological polar surface area (TPSA) is 26.3 Å². The van der Waals surface area contributed by atoms with Gasteiger partial charge in [-0.25, -0.2) is 0 Å². The largest absolute Gasteiger partial charge is 0.491 e. The summed E-state index contributed by atoms with van der Waals surface area (Å²) in [4.78, 5) is 10.1. The Bertz CT molecular complexity index is 327. The minimum absolute atomic E-state index is 0.167. The number of ether oxygens (including phenoxy) is 1. The lowest BCUT2D eigenvalue weighted by Crippen LogP contribution is -2.05. The molecule has 1 aromatic carbocycles. The summed E-state index contributed by atoms with van der Waals surface area (Å²) in [5.41, 5.74) is 0.968. The fraction of sp³-hybridized carbons (Fsp3) is 0.250. The highest BCUT2D eigenvalue weighted by Gasteiger charge is 1.96. The molecule has 1 rings (SSSR count). The summed E-state index contributed by atoms with van der Waals surface area (Å²) >= 11 is 0. The minimum Gasteiger partial charge on any atom is -0.491 e. The summed E-state index contributed by atoms with van der Waals surface area (Å²) in [5, 5.41) is 0. The van der Waals surface area contributed by atoms with E-state index >= 15 is 0 Å². The minimum atomic E-state index is 0.167. The molecule has 0 N–H and O–H groups in total. The van der Waals surface area contributed by atoms with Gasteiger partial charge in [-0.05, 0) is 37.6 Å². The monoisotopic (exact) mass is 190 g/mol. The van der Waals surface area contributed by atoms with Gasteiger partial charge in [0.2, 0.25) is 0 Å². The first-order valence-electron chi connectivity index (χ1n) is 4.61. The van der Waals surface area contributed by atoms with E-state index in [2.05, 4.69) is 0 Å². The molecule has 0 bridgehead atoms. The third-order valence-electron chi connectivity index (χ3n) is 1.60. The molecule has 0 heterocycles. The normalized spacial score (nSPS) is 10.8. The number of aldehydes is 1. The van der Waals surface area contributed by atoms with Crippen LogP contribution < -0.4 is 4.74 Å². The van der Waals surface area contributed by atoms with Gasteiger partial charge in [-0.1, -0.05) is 18.2 Å². The van der Waals surface area contributed by atoms with Crippen LogP contribution in [0.2, 0.25) is 0 Å². The van der Waals surface area contributed by atoms with Crippen LogP contribution in [0.3, 0.4) is 0 Å². The van der Waals surface area contributed by atoms with E-state index in [1.807, 2.05) is 38.1 Å². The van der Waals surface area contributed by atoms with Gasteiger partial charge in [0.1, 0.15) is 12.0 Å². The Kier molecular flexibility index (Phi) is 3.92. The van der Waals surface area contributed by atoms with E-state index in [9.17, 15) is 4.79 Å². The Labute approximate surface area is 84.2 Å². The van der Waals surface area contributed by atoms with Gasteiger partial charge in [0.05, 0.1) is 6.10 Å².